The SMILES string of the molecule is C=CCn1c(COc2ccccc2F)nnc1SC(C)C(=O)Nc1ccc(OC)c(Cl)c1. The number of hydrogen-bond acceptors (Lipinski definition) is 6. The van der Waals surface area contributed by atoms with Gasteiger partial charge in [-0.2, -0.15) is 0 Å². The first-order valence-corrected chi connectivity index (χ1v) is 10.9. The van der Waals surface area contributed by atoms with Gasteiger partial charge >= 0.3 is 0 Å². The van der Waals surface area contributed by atoms with E-state index >= 15 is 0 Å². The van der Waals surface area contributed by atoms with Crippen LogP contribution in [0.3, 0.4) is 0 Å². The van der Waals surface area contributed by atoms with Gasteiger partial charge in [-0.15, -0.1) is 16.8 Å². The van der Waals surface area contributed by atoms with Crippen LogP contribution < -0.4 is 14.8 Å². The molecule has 7 nitrogen and oxygen atoms in total. The second-order valence-corrected chi connectivity index (χ2v) is 8.33. The Balaban J connectivity index is 1.67. The summed E-state index contributed by atoms with van der Waals surface area (Å²) in [5, 5.41) is 11.6. The molecule has 168 valence electrons. The lowest BCUT2D eigenvalue weighted by Crippen LogP contribution is -2.23. The summed E-state index contributed by atoms with van der Waals surface area (Å²) in [4.78, 5) is 12.7. The summed E-state index contributed by atoms with van der Waals surface area (Å²) in [6, 6.07) is 11.1. The predicted molar refractivity (Wildman–Crippen MR) is 123 cm³/mol. The van der Waals surface area contributed by atoms with Crippen LogP contribution in [0.1, 0.15) is 12.7 Å². The maximum atomic E-state index is 13.8. The van der Waals surface area contributed by atoms with Gasteiger partial charge in [0.25, 0.3) is 0 Å². The Morgan fingerprint density at radius 1 is 1.31 bits per heavy atom. The first kappa shape index (κ1) is 23.6. The number of anilines is 1. The number of hydrogen-bond donors (Lipinski definition) is 1. The van der Waals surface area contributed by atoms with E-state index in [9.17, 15) is 9.18 Å². The molecule has 0 aliphatic rings. The van der Waals surface area contributed by atoms with E-state index in [-0.39, 0.29) is 18.3 Å². The second kappa shape index (κ2) is 11.0. The quantitative estimate of drug-likeness (QED) is 0.329. The maximum absolute atomic E-state index is 13.8. The number of methoxy groups -OCH3 is 1. The molecule has 2 aromatic carbocycles. The fraction of sp³-hybridized carbons (Fsp3) is 0.227. The minimum atomic E-state index is -0.482. The Hall–Kier alpha value is -3.04. The Kier molecular flexibility index (Phi) is 8.13. The molecule has 1 heterocycles. The Labute approximate surface area is 194 Å². The highest BCUT2D eigenvalue weighted by molar-refractivity contribution is 8.00. The van der Waals surface area contributed by atoms with Gasteiger partial charge in [0.1, 0.15) is 12.4 Å². The van der Waals surface area contributed by atoms with Gasteiger partial charge in [-0.3, -0.25) is 9.36 Å². The number of amides is 1. The van der Waals surface area contributed by atoms with Crippen molar-refractivity contribution in [3.63, 3.8) is 0 Å². The fourth-order valence-corrected chi connectivity index (χ4v) is 3.86. The molecule has 3 rings (SSSR count). The van der Waals surface area contributed by atoms with Crippen LogP contribution in [0.15, 0.2) is 60.3 Å². The smallest absolute Gasteiger partial charge is 0.237 e. The number of thioether (sulfide) groups is 1. The molecule has 32 heavy (non-hydrogen) atoms. The average molecular weight is 477 g/mol. The van der Waals surface area contributed by atoms with Crippen LogP contribution in [-0.2, 0) is 17.9 Å². The highest BCUT2D eigenvalue weighted by Gasteiger charge is 2.21. The van der Waals surface area contributed by atoms with E-state index in [0.29, 0.717) is 34.0 Å². The molecule has 3 aromatic rings. The second-order valence-electron chi connectivity index (χ2n) is 6.62. The average Bonchev–Trinajstić information content (AvgIpc) is 3.14. The van der Waals surface area contributed by atoms with Crippen molar-refractivity contribution >= 4 is 35.0 Å². The standard InChI is InChI=1S/C22H22ClFN4O3S/c1-4-11-28-20(13-31-19-8-6-5-7-17(19)24)26-27-22(28)32-14(2)21(29)25-15-9-10-18(30-3)16(23)12-15/h4-10,12,14H,1,11,13H2,2-3H3,(H,25,29). The zero-order chi connectivity index (χ0) is 23.1. The number of halogens is 2. The zero-order valence-electron chi connectivity index (χ0n) is 17.5. The number of rotatable bonds is 10. The lowest BCUT2D eigenvalue weighted by Gasteiger charge is -2.14. The van der Waals surface area contributed by atoms with Gasteiger partial charge in [0, 0.05) is 12.2 Å². The number of para-hydroxylation sites is 1. The van der Waals surface area contributed by atoms with Gasteiger partial charge in [0.2, 0.25) is 5.91 Å². The molecule has 0 aliphatic heterocycles. The van der Waals surface area contributed by atoms with Crippen molar-refractivity contribution in [3.8, 4) is 11.5 Å². The molecule has 0 radical (unpaired) electrons. The van der Waals surface area contributed by atoms with E-state index in [0.717, 1.165) is 0 Å². The summed E-state index contributed by atoms with van der Waals surface area (Å²) in [6.45, 7) is 5.94. The monoisotopic (exact) mass is 476 g/mol. The number of aromatic nitrogens is 3. The third-order valence-corrected chi connectivity index (χ3v) is 5.75. The summed E-state index contributed by atoms with van der Waals surface area (Å²) in [5.74, 6) is 0.454. The number of allylic oxidation sites excluding steroid dienone is 1. The van der Waals surface area contributed by atoms with E-state index in [1.807, 2.05) is 0 Å². The lowest BCUT2D eigenvalue weighted by atomic mass is 10.3. The highest BCUT2D eigenvalue weighted by atomic mass is 35.5. The predicted octanol–water partition coefficient (Wildman–Crippen LogP) is 4.96. The number of carbonyl (C=O) groups excluding carboxylic acids is 1. The highest BCUT2D eigenvalue weighted by Crippen LogP contribution is 2.29. The summed E-state index contributed by atoms with van der Waals surface area (Å²) < 4.78 is 26.2. The summed E-state index contributed by atoms with van der Waals surface area (Å²) in [5.41, 5.74) is 0.555. The molecule has 1 aromatic heterocycles. The third kappa shape index (κ3) is 5.80. The van der Waals surface area contributed by atoms with Crippen LogP contribution in [0, 0.1) is 5.82 Å². The van der Waals surface area contributed by atoms with E-state index < -0.39 is 11.1 Å². The largest absolute Gasteiger partial charge is 0.495 e. The van der Waals surface area contributed by atoms with Crippen molar-refractivity contribution in [2.24, 2.45) is 0 Å². The van der Waals surface area contributed by atoms with Gasteiger partial charge in [0.15, 0.2) is 22.5 Å². The molecule has 0 fully saturated rings. The molecule has 0 spiro atoms. The zero-order valence-corrected chi connectivity index (χ0v) is 19.1. The van der Waals surface area contributed by atoms with Gasteiger partial charge < -0.3 is 14.8 Å². The van der Waals surface area contributed by atoms with Crippen molar-refractivity contribution in [1.29, 1.82) is 0 Å². The van der Waals surface area contributed by atoms with Crippen molar-refractivity contribution in [3.05, 3.63) is 71.8 Å². The number of nitrogens with zero attached hydrogens (tertiary/aromatic N) is 3. The molecule has 1 N–H and O–H groups in total. The molecule has 10 heteroatoms. The van der Waals surface area contributed by atoms with Gasteiger partial charge in [0.05, 0.1) is 17.4 Å². The van der Waals surface area contributed by atoms with Crippen molar-refractivity contribution in [2.75, 3.05) is 12.4 Å². The van der Waals surface area contributed by atoms with Crippen LogP contribution in [0.25, 0.3) is 0 Å². The van der Waals surface area contributed by atoms with Crippen LogP contribution in [0.5, 0.6) is 11.5 Å². The van der Waals surface area contributed by atoms with E-state index in [4.69, 9.17) is 21.1 Å². The Morgan fingerprint density at radius 3 is 2.78 bits per heavy atom. The molecule has 1 unspecified atom stereocenters. The van der Waals surface area contributed by atoms with Gasteiger partial charge in [-0.05, 0) is 37.3 Å². The van der Waals surface area contributed by atoms with E-state index in [1.165, 1.54) is 31.0 Å². The molecule has 0 aliphatic carbocycles. The Bertz CT molecular complexity index is 1110. The summed E-state index contributed by atoms with van der Waals surface area (Å²) >= 11 is 7.35. The van der Waals surface area contributed by atoms with Crippen molar-refractivity contribution in [2.45, 2.75) is 30.5 Å². The minimum absolute atomic E-state index is 0.0211. The van der Waals surface area contributed by atoms with Crippen LogP contribution in [0.2, 0.25) is 5.02 Å². The number of carbonyl (C=O) groups is 1. The maximum Gasteiger partial charge on any atom is 0.237 e. The fourth-order valence-electron chi connectivity index (χ4n) is 2.73. The van der Waals surface area contributed by atoms with Crippen molar-refractivity contribution < 1.29 is 18.7 Å². The van der Waals surface area contributed by atoms with E-state index in [1.54, 1.807) is 47.9 Å². The summed E-state index contributed by atoms with van der Waals surface area (Å²) in [7, 11) is 1.52. The molecule has 1 amide bonds. The van der Waals surface area contributed by atoms with Gasteiger partial charge in [-0.25, -0.2) is 4.39 Å². The first-order chi connectivity index (χ1) is 15.4. The number of ether oxygens (including phenoxy) is 2. The lowest BCUT2D eigenvalue weighted by molar-refractivity contribution is -0.115. The molecule has 0 bridgehead atoms. The molecule has 1 atom stereocenters. The number of nitrogens with one attached hydrogen (secondary N) is 1. The number of benzene rings is 2. The molecule has 0 saturated heterocycles. The van der Waals surface area contributed by atoms with Crippen LogP contribution >= 0.6 is 23.4 Å². The topological polar surface area (TPSA) is 78.3 Å². The molecular formula is C22H22ClFN4O3S. The Morgan fingerprint density at radius 2 is 2.09 bits per heavy atom. The van der Waals surface area contributed by atoms with Gasteiger partial charge in [-0.1, -0.05) is 41.6 Å². The molecular weight excluding hydrogens is 455 g/mol. The van der Waals surface area contributed by atoms with Crippen LogP contribution in [0.4, 0.5) is 10.1 Å². The normalized spacial score (nSPS) is 11.6. The van der Waals surface area contributed by atoms with E-state index in [2.05, 4.69) is 22.1 Å². The van der Waals surface area contributed by atoms with Crippen molar-refractivity contribution in [1.82, 2.24) is 14.8 Å². The summed E-state index contributed by atoms with van der Waals surface area (Å²) in [6.07, 6.45) is 1.68. The molecule has 0 saturated carbocycles. The third-order valence-electron chi connectivity index (χ3n) is 4.37. The minimum Gasteiger partial charge on any atom is -0.495 e. The first-order valence-electron chi connectivity index (χ1n) is 9.64. The van der Waals surface area contributed by atoms with Crippen LogP contribution in [-0.4, -0.2) is 33.0 Å².